The standard InChI is InChI=1S/C27H41N5O/c1-8-23-22(18-21-11-9-20(4)10-12-21)25(29-24(28-23)17-19(2)3)31-13-15-32(16-14-31)26(33)30-27(5,6)7/h9-12,19H,8,13-18H2,1-7H3,(H,30,33). The number of aryl methyl sites for hydroxylation is 2. The number of urea groups is 1. The van der Waals surface area contributed by atoms with Crippen LogP contribution in [0.1, 0.15) is 69.8 Å². The molecule has 0 radical (unpaired) electrons. The number of nitrogens with one attached hydrogen (secondary N) is 1. The van der Waals surface area contributed by atoms with Crippen molar-refractivity contribution < 1.29 is 4.79 Å². The molecule has 1 saturated heterocycles. The Morgan fingerprint density at radius 1 is 1.06 bits per heavy atom. The lowest BCUT2D eigenvalue weighted by atomic mass is 10.00. The van der Waals surface area contributed by atoms with Gasteiger partial charge in [0.1, 0.15) is 11.6 Å². The van der Waals surface area contributed by atoms with Gasteiger partial charge in [0.25, 0.3) is 0 Å². The van der Waals surface area contributed by atoms with Crippen molar-refractivity contribution in [3.8, 4) is 0 Å². The molecule has 2 heterocycles. The van der Waals surface area contributed by atoms with Crippen LogP contribution < -0.4 is 10.2 Å². The van der Waals surface area contributed by atoms with Gasteiger partial charge in [0.05, 0.1) is 0 Å². The largest absolute Gasteiger partial charge is 0.353 e. The molecule has 0 saturated carbocycles. The molecule has 180 valence electrons. The maximum Gasteiger partial charge on any atom is 0.317 e. The first kappa shape index (κ1) is 25.0. The summed E-state index contributed by atoms with van der Waals surface area (Å²) in [4.78, 5) is 27.0. The van der Waals surface area contributed by atoms with Gasteiger partial charge < -0.3 is 15.1 Å². The second-order valence-electron chi connectivity index (χ2n) is 10.7. The zero-order valence-corrected chi connectivity index (χ0v) is 21.5. The number of piperazine rings is 1. The Kier molecular flexibility index (Phi) is 7.98. The van der Waals surface area contributed by atoms with E-state index in [4.69, 9.17) is 9.97 Å². The lowest BCUT2D eigenvalue weighted by Crippen LogP contribution is -2.55. The number of benzene rings is 1. The molecule has 1 N–H and O–H groups in total. The number of hydrogen-bond donors (Lipinski definition) is 1. The molecule has 1 aliphatic heterocycles. The summed E-state index contributed by atoms with van der Waals surface area (Å²) in [5, 5.41) is 3.08. The summed E-state index contributed by atoms with van der Waals surface area (Å²) in [6, 6.07) is 8.76. The summed E-state index contributed by atoms with van der Waals surface area (Å²) in [6.45, 7) is 17.7. The van der Waals surface area contributed by atoms with Crippen LogP contribution in [0.15, 0.2) is 24.3 Å². The molecule has 1 aromatic carbocycles. The highest BCUT2D eigenvalue weighted by atomic mass is 16.2. The van der Waals surface area contributed by atoms with E-state index in [1.807, 2.05) is 25.7 Å². The average molecular weight is 452 g/mol. The Hall–Kier alpha value is -2.63. The van der Waals surface area contributed by atoms with E-state index >= 15 is 0 Å². The van der Waals surface area contributed by atoms with E-state index in [-0.39, 0.29) is 11.6 Å². The van der Waals surface area contributed by atoms with Crippen molar-refractivity contribution in [1.29, 1.82) is 0 Å². The fourth-order valence-corrected chi connectivity index (χ4v) is 4.19. The topological polar surface area (TPSA) is 61.4 Å². The third-order valence-corrected chi connectivity index (χ3v) is 5.89. The first-order chi connectivity index (χ1) is 15.6. The van der Waals surface area contributed by atoms with Gasteiger partial charge in [-0.25, -0.2) is 14.8 Å². The number of anilines is 1. The van der Waals surface area contributed by atoms with Crippen LogP contribution in [0.3, 0.4) is 0 Å². The zero-order valence-electron chi connectivity index (χ0n) is 21.5. The van der Waals surface area contributed by atoms with E-state index in [0.29, 0.717) is 19.0 Å². The molecule has 1 fully saturated rings. The minimum absolute atomic E-state index is 0.0134. The van der Waals surface area contributed by atoms with Crippen LogP contribution in [0.4, 0.5) is 10.6 Å². The van der Waals surface area contributed by atoms with Crippen molar-refractivity contribution in [2.45, 2.75) is 73.3 Å². The molecule has 0 aliphatic carbocycles. The summed E-state index contributed by atoms with van der Waals surface area (Å²) in [5.74, 6) is 2.48. The maximum atomic E-state index is 12.6. The summed E-state index contributed by atoms with van der Waals surface area (Å²) >= 11 is 0. The Morgan fingerprint density at radius 3 is 2.24 bits per heavy atom. The number of amides is 2. The molecule has 0 spiro atoms. The van der Waals surface area contributed by atoms with E-state index in [9.17, 15) is 4.79 Å². The van der Waals surface area contributed by atoms with Gasteiger partial charge in [-0.1, -0.05) is 50.6 Å². The monoisotopic (exact) mass is 451 g/mol. The molecule has 0 atom stereocenters. The van der Waals surface area contributed by atoms with Crippen LogP contribution in [-0.4, -0.2) is 52.6 Å². The van der Waals surface area contributed by atoms with Gasteiger partial charge >= 0.3 is 6.03 Å². The van der Waals surface area contributed by atoms with Crippen molar-refractivity contribution in [3.05, 3.63) is 52.5 Å². The highest BCUT2D eigenvalue weighted by molar-refractivity contribution is 5.75. The van der Waals surface area contributed by atoms with Crippen molar-refractivity contribution in [3.63, 3.8) is 0 Å². The smallest absolute Gasteiger partial charge is 0.317 e. The van der Waals surface area contributed by atoms with Gasteiger partial charge in [-0.2, -0.15) is 0 Å². The first-order valence-corrected chi connectivity index (χ1v) is 12.3. The number of carbonyl (C=O) groups excluding carboxylic acids is 1. The minimum Gasteiger partial charge on any atom is -0.353 e. The zero-order chi connectivity index (χ0) is 24.2. The molecule has 1 aromatic heterocycles. The summed E-state index contributed by atoms with van der Waals surface area (Å²) < 4.78 is 0. The van der Waals surface area contributed by atoms with Gasteiger partial charge in [-0.15, -0.1) is 0 Å². The normalized spacial score (nSPS) is 14.7. The molecule has 1 aliphatic rings. The molecule has 6 nitrogen and oxygen atoms in total. The molecule has 33 heavy (non-hydrogen) atoms. The third-order valence-electron chi connectivity index (χ3n) is 5.89. The second kappa shape index (κ2) is 10.5. The number of carbonyl (C=O) groups is 1. The van der Waals surface area contributed by atoms with E-state index < -0.39 is 0 Å². The maximum absolute atomic E-state index is 12.6. The molecular weight excluding hydrogens is 410 g/mol. The van der Waals surface area contributed by atoms with Crippen LogP contribution >= 0.6 is 0 Å². The lowest BCUT2D eigenvalue weighted by Gasteiger charge is -2.38. The molecule has 3 rings (SSSR count). The Bertz CT molecular complexity index is 938. The third kappa shape index (κ3) is 6.92. The molecule has 6 heteroatoms. The van der Waals surface area contributed by atoms with Gasteiger partial charge in [0.2, 0.25) is 0 Å². The Morgan fingerprint density at radius 2 is 1.70 bits per heavy atom. The van der Waals surface area contributed by atoms with Crippen LogP contribution in [-0.2, 0) is 19.3 Å². The average Bonchev–Trinajstić information content (AvgIpc) is 2.74. The highest BCUT2D eigenvalue weighted by Crippen LogP contribution is 2.27. The van der Waals surface area contributed by atoms with Crippen molar-refractivity contribution in [1.82, 2.24) is 20.2 Å². The lowest BCUT2D eigenvalue weighted by molar-refractivity contribution is 0.185. The number of rotatable bonds is 6. The van der Waals surface area contributed by atoms with E-state index in [2.05, 4.69) is 62.2 Å². The summed E-state index contributed by atoms with van der Waals surface area (Å²) in [6.07, 6.45) is 2.58. The van der Waals surface area contributed by atoms with E-state index in [1.165, 1.54) is 16.7 Å². The second-order valence-corrected chi connectivity index (χ2v) is 10.7. The molecule has 0 unspecified atom stereocenters. The number of aromatic nitrogens is 2. The van der Waals surface area contributed by atoms with Gasteiger partial charge in [-0.05, 0) is 45.6 Å². The first-order valence-electron chi connectivity index (χ1n) is 12.3. The van der Waals surface area contributed by atoms with Crippen LogP contribution in [0.5, 0.6) is 0 Å². The van der Waals surface area contributed by atoms with Crippen LogP contribution in [0.25, 0.3) is 0 Å². The fourth-order valence-electron chi connectivity index (χ4n) is 4.19. The highest BCUT2D eigenvalue weighted by Gasteiger charge is 2.27. The van der Waals surface area contributed by atoms with Crippen molar-refractivity contribution in [2.24, 2.45) is 5.92 Å². The van der Waals surface area contributed by atoms with E-state index in [1.54, 1.807) is 0 Å². The Balaban J connectivity index is 1.88. The quantitative estimate of drug-likeness (QED) is 0.687. The molecule has 2 amide bonds. The Labute approximate surface area is 199 Å². The minimum atomic E-state index is -0.232. The number of hydrogen-bond acceptors (Lipinski definition) is 4. The van der Waals surface area contributed by atoms with Gasteiger partial charge in [-0.3, -0.25) is 0 Å². The summed E-state index contributed by atoms with van der Waals surface area (Å²) in [5.41, 5.74) is 4.68. The predicted molar refractivity (Wildman–Crippen MR) is 136 cm³/mol. The molecular formula is C27H41N5O. The summed E-state index contributed by atoms with van der Waals surface area (Å²) in [7, 11) is 0. The van der Waals surface area contributed by atoms with Gasteiger partial charge in [0.15, 0.2) is 0 Å². The molecule has 0 bridgehead atoms. The fraction of sp³-hybridized carbons (Fsp3) is 0.593. The number of nitrogens with zero attached hydrogens (tertiary/aromatic N) is 4. The SMILES string of the molecule is CCc1nc(CC(C)C)nc(N2CCN(C(=O)NC(C)(C)C)CC2)c1Cc1ccc(C)cc1. The van der Waals surface area contributed by atoms with Crippen molar-refractivity contribution >= 4 is 11.8 Å². The van der Waals surface area contributed by atoms with E-state index in [0.717, 1.165) is 49.7 Å². The van der Waals surface area contributed by atoms with Crippen LogP contribution in [0.2, 0.25) is 0 Å². The van der Waals surface area contributed by atoms with Crippen molar-refractivity contribution in [2.75, 3.05) is 31.1 Å². The van der Waals surface area contributed by atoms with Gasteiger partial charge in [0, 0.05) is 55.8 Å². The van der Waals surface area contributed by atoms with Crippen LogP contribution in [0, 0.1) is 12.8 Å². The molecule has 2 aromatic rings. The predicted octanol–water partition coefficient (Wildman–Crippen LogP) is 4.77.